The lowest BCUT2D eigenvalue weighted by Gasteiger charge is -2.19. The van der Waals surface area contributed by atoms with E-state index in [0.717, 1.165) is 17.5 Å². The molecule has 1 N–H and O–H groups in total. The predicted molar refractivity (Wildman–Crippen MR) is 124 cm³/mol. The number of hydrogen-bond donors (Lipinski definition) is 1. The number of nitrogens with zero attached hydrogens (tertiary/aromatic N) is 1. The van der Waals surface area contributed by atoms with E-state index in [1.165, 1.54) is 11.0 Å². The number of likely N-dealkylation sites (N-methyl/N-ethyl adjacent to an activating group) is 1. The van der Waals surface area contributed by atoms with Gasteiger partial charge in [-0.3, -0.25) is 9.59 Å². The van der Waals surface area contributed by atoms with Crippen LogP contribution in [-0.4, -0.2) is 32.5 Å². The zero-order valence-electron chi connectivity index (χ0n) is 17.7. The number of carbonyl (C=O) groups is 2. The number of methoxy groups -OCH3 is 1. The van der Waals surface area contributed by atoms with Crippen LogP contribution in [0.2, 0.25) is 0 Å². The molecule has 3 aromatic carbocycles. The second-order valence-corrected chi connectivity index (χ2v) is 6.98. The average molecular weight is 415 g/mol. The minimum absolute atomic E-state index is 0.208. The van der Waals surface area contributed by atoms with Crippen LogP contribution in [0, 0.1) is 0 Å². The Bertz CT molecular complexity index is 1060. The topological polar surface area (TPSA) is 58.6 Å². The first-order valence-corrected chi connectivity index (χ1v) is 10.1. The molecule has 0 aliphatic rings. The third-order valence-electron chi connectivity index (χ3n) is 4.93. The molecule has 0 radical (unpaired) electrons. The smallest absolute Gasteiger partial charge is 0.253 e. The molecule has 0 spiro atoms. The molecule has 0 atom stereocenters. The molecule has 2 amide bonds. The average Bonchev–Trinajstić information content (AvgIpc) is 2.82. The van der Waals surface area contributed by atoms with Gasteiger partial charge in [-0.2, -0.15) is 0 Å². The van der Waals surface area contributed by atoms with Crippen LogP contribution >= 0.6 is 0 Å². The van der Waals surface area contributed by atoms with Gasteiger partial charge in [0.05, 0.1) is 18.4 Å². The van der Waals surface area contributed by atoms with Crippen molar-refractivity contribution in [1.29, 1.82) is 0 Å². The first kappa shape index (κ1) is 21.8. The third-order valence-corrected chi connectivity index (χ3v) is 4.93. The molecule has 0 unspecified atom stereocenters. The van der Waals surface area contributed by atoms with E-state index < -0.39 is 0 Å². The second kappa shape index (κ2) is 10.8. The molecule has 0 heterocycles. The van der Waals surface area contributed by atoms with E-state index >= 15 is 0 Å². The summed E-state index contributed by atoms with van der Waals surface area (Å²) < 4.78 is 5.31. The van der Waals surface area contributed by atoms with Crippen molar-refractivity contribution in [3.63, 3.8) is 0 Å². The first-order valence-electron chi connectivity index (χ1n) is 10.1. The van der Waals surface area contributed by atoms with Gasteiger partial charge < -0.3 is 15.0 Å². The van der Waals surface area contributed by atoms with E-state index in [9.17, 15) is 9.59 Å². The number of nitrogens with one attached hydrogen (secondary N) is 1. The van der Waals surface area contributed by atoms with Crippen LogP contribution in [0.5, 0.6) is 5.75 Å². The molecule has 0 bridgehead atoms. The maximum absolute atomic E-state index is 12.8. The number of anilines is 1. The molecule has 0 saturated heterocycles. The molecule has 3 rings (SSSR count). The van der Waals surface area contributed by atoms with Gasteiger partial charge in [0.1, 0.15) is 5.75 Å². The summed E-state index contributed by atoms with van der Waals surface area (Å²) in [7, 11) is 3.25. The van der Waals surface area contributed by atoms with Gasteiger partial charge in [0.2, 0.25) is 0 Å². The number of benzene rings is 3. The SMILES string of the molecule is COc1ccccc1/C=C/C(=O)N(C)c1ccccc1C(=O)NCCc1ccccc1. The quantitative estimate of drug-likeness (QED) is 0.558. The van der Waals surface area contributed by atoms with Crippen LogP contribution in [-0.2, 0) is 11.2 Å². The molecule has 3 aromatic rings. The summed E-state index contributed by atoms with van der Waals surface area (Å²) in [6.45, 7) is 0.516. The van der Waals surface area contributed by atoms with Crippen molar-refractivity contribution in [3.8, 4) is 5.75 Å². The normalized spacial score (nSPS) is 10.6. The van der Waals surface area contributed by atoms with Gasteiger partial charge in [-0.25, -0.2) is 0 Å². The maximum Gasteiger partial charge on any atom is 0.253 e. The molecule has 0 aliphatic heterocycles. The van der Waals surface area contributed by atoms with Crippen LogP contribution < -0.4 is 15.0 Å². The Balaban J connectivity index is 1.68. The zero-order valence-corrected chi connectivity index (χ0v) is 17.7. The maximum atomic E-state index is 12.8. The van der Waals surface area contributed by atoms with Crippen LogP contribution in [0.25, 0.3) is 6.08 Å². The van der Waals surface area contributed by atoms with Crippen LogP contribution in [0.4, 0.5) is 5.69 Å². The monoisotopic (exact) mass is 414 g/mol. The Morgan fingerprint density at radius 2 is 1.61 bits per heavy atom. The van der Waals surface area contributed by atoms with Crippen molar-refractivity contribution >= 4 is 23.6 Å². The van der Waals surface area contributed by atoms with Crippen molar-refractivity contribution in [2.75, 3.05) is 25.6 Å². The minimum Gasteiger partial charge on any atom is -0.496 e. The van der Waals surface area contributed by atoms with Crippen LogP contribution in [0.1, 0.15) is 21.5 Å². The number of para-hydroxylation sites is 2. The van der Waals surface area contributed by atoms with Gasteiger partial charge in [-0.15, -0.1) is 0 Å². The fourth-order valence-electron chi connectivity index (χ4n) is 3.21. The Morgan fingerprint density at radius 3 is 2.39 bits per heavy atom. The van der Waals surface area contributed by atoms with E-state index in [1.807, 2.05) is 60.7 Å². The van der Waals surface area contributed by atoms with Gasteiger partial charge in [0, 0.05) is 25.2 Å². The summed E-state index contributed by atoms with van der Waals surface area (Å²) >= 11 is 0. The number of carbonyl (C=O) groups excluding carboxylic acids is 2. The highest BCUT2D eigenvalue weighted by molar-refractivity contribution is 6.08. The Morgan fingerprint density at radius 1 is 0.935 bits per heavy atom. The molecule has 0 aliphatic carbocycles. The van der Waals surface area contributed by atoms with Crippen molar-refractivity contribution in [2.24, 2.45) is 0 Å². The molecular formula is C26H26N2O3. The second-order valence-electron chi connectivity index (χ2n) is 6.98. The fourth-order valence-corrected chi connectivity index (χ4v) is 3.21. The first-order chi connectivity index (χ1) is 15.1. The van der Waals surface area contributed by atoms with Crippen LogP contribution in [0.3, 0.4) is 0 Å². The molecule has 0 saturated carbocycles. The number of ether oxygens (including phenoxy) is 1. The van der Waals surface area contributed by atoms with Crippen LogP contribution in [0.15, 0.2) is 84.9 Å². The molecular weight excluding hydrogens is 388 g/mol. The Hall–Kier alpha value is -3.86. The van der Waals surface area contributed by atoms with E-state index in [-0.39, 0.29) is 11.8 Å². The fraction of sp³-hybridized carbons (Fsp3) is 0.154. The summed E-state index contributed by atoms with van der Waals surface area (Å²) in [6, 6.07) is 24.5. The molecule has 0 fully saturated rings. The minimum atomic E-state index is -0.240. The Kier molecular flexibility index (Phi) is 7.60. The number of rotatable bonds is 8. The lowest BCUT2D eigenvalue weighted by Crippen LogP contribution is -2.30. The highest BCUT2D eigenvalue weighted by atomic mass is 16.5. The molecule has 5 nitrogen and oxygen atoms in total. The largest absolute Gasteiger partial charge is 0.496 e. The molecule has 158 valence electrons. The van der Waals surface area contributed by atoms with Crippen molar-refractivity contribution in [1.82, 2.24) is 5.32 Å². The summed E-state index contributed by atoms with van der Waals surface area (Å²) in [6.07, 6.45) is 3.92. The van der Waals surface area contributed by atoms with E-state index in [4.69, 9.17) is 4.74 Å². The van der Waals surface area contributed by atoms with E-state index in [0.29, 0.717) is 23.5 Å². The highest BCUT2D eigenvalue weighted by Crippen LogP contribution is 2.21. The number of amides is 2. The van der Waals surface area contributed by atoms with E-state index in [2.05, 4.69) is 5.32 Å². The Labute approximate surface area is 183 Å². The lowest BCUT2D eigenvalue weighted by molar-refractivity contribution is -0.113. The summed E-state index contributed by atoms with van der Waals surface area (Å²) in [4.78, 5) is 27.0. The molecule has 0 aromatic heterocycles. The third kappa shape index (κ3) is 5.82. The number of hydrogen-bond acceptors (Lipinski definition) is 3. The molecule has 5 heteroatoms. The van der Waals surface area contributed by atoms with Crippen molar-refractivity contribution in [2.45, 2.75) is 6.42 Å². The lowest BCUT2D eigenvalue weighted by atomic mass is 10.1. The summed E-state index contributed by atoms with van der Waals surface area (Å²) in [5.41, 5.74) is 2.97. The zero-order chi connectivity index (χ0) is 22.1. The van der Waals surface area contributed by atoms with Gasteiger partial charge in [-0.1, -0.05) is 60.7 Å². The van der Waals surface area contributed by atoms with Crippen molar-refractivity contribution in [3.05, 3.63) is 102 Å². The van der Waals surface area contributed by atoms with E-state index in [1.54, 1.807) is 38.4 Å². The summed E-state index contributed by atoms with van der Waals surface area (Å²) in [5.74, 6) is 0.239. The summed E-state index contributed by atoms with van der Waals surface area (Å²) in [5, 5.41) is 2.94. The predicted octanol–water partition coefficient (Wildman–Crippen LogP) is 4.34. The highest BCUT2D eigenvalue weighted by Gasteiger charge is 2.17. The van der Waals surface area contributed by atoms with Crippen molar-refractivity contribution < 1.29 is 14.3 Å². The molecule has 31 heavy (non-hydrogen) atoms. The van der Waals surface area contributed by atoms with Gasteiger partial charge in [0.15, 0.2) is 0 Å². The standard InChI is InChI=1S/C26H26N2O3/c1-28(25(29)17-16-21-12-6-9-15-24(21)31-2)23-14-8-7-13-22(23)26(30)27-19-18-20-10-4-3-5-11-20/h3-17H,18-19H2,1-2H3,(H,27,30)/b17-16+. The van der Waals surface area contributed by atoms with Gasteiger partial charge in [0.25, 0.3) is 11.8 Å². The van der Waals surface area contributed by atoms with Gasteiger partial charge in [-0.05, 0) is 36.3 Å². The van der Waals surface area contributed by atoms with Gasteiger partial charge >= 0.3 is 0 Å².